The molecule has 0 bridgehead atoms. The maximum Gasteiger partial charge on any atom is 0.132 e. The third kappa shape index (κ3) is 6.60. The third-order valence-electron chi connectivity index (χ3n) is 7.13. The van der Waals surface area contributed by atoms with Crippen LogP contribution in [0, 0.1) is 10.8 Å². The molecule has 1 aliphatic carbocycles. The van der Waals surface area contributed by atoms with E-state index in [0.717, 1.165) is 44.0 Å². The van der Waals surface area contributed by atoms with Gasteiger partial charge in [-0.05, 0) is 71.2 Å². The monoisotopic (exact) mass is 488 g/mol. The Morgan fingerprint density at radius 3 is 2.08 bits per heavy atom. The van der Waals surface area contributed by atoms with Crippen molar-refractivity contribution in [3.05, 3.63) is 71.8 Å². The molecule has 4 heteroatoms. The fourth-order valence-corrected chi connectivity index (χ4v) is 5.59. The lowest BCUT2D eigenvalue weighted by molar-refractivity contribution is 0.0205. The molecule has 192 valence electrons. The smallest absolute Gasteiger partial charge is 0.132 e. The molecule has 3 unspecified atom stereocenters. The molecule has 0 radical (unpaired) electrons. The van der Waals surface area contributed by atoms with Gasteiger partial charge in [0, 0.05) is 5.41 Å². The Balaban J connectivity index is 1.26. The summed E-state index contributed by atoms with van der Waals surface area (Å²) in [4.78, 5) is 0. The molecule has 2 fully saturated rings. The third-order valence-corrected chi connectivity index (χ3v) is 7.13. The van der Waals surface area contributed by atoms with Crippen LogP contribution in [0.3, 0.4) is 0 Å². The van der Waals surface area contributed by atoms with Crippen molar-refractivity contribution < 1.29 is 18.9 Å². The van der Waals surface area contributed by atoms with Crippen LogP contribution in [-0.2, 0) is 9.47 Å². The zero-order chi connectivity index (χ0) is 25.3. The van der Waals surface area contributed by atoms with Crippen molar-refractivity contribution in [2.75, 3.05) is 19.8 Å². The van der Waals surface area contributed by atoms with E-state index in [-0.39, 0.29) is 29.1 Å². The van der Waals surface area contributed by atoms with Gasteiger partial charge in [0.15, 0.2) is 0 Å². The highest BCUT2D eigenvalue weighted by molar-refractivity contribution is 5.78. The molecule has 2 aliphatic heterocycles. The number of ether oxygens (including phenoxy) is 4. The second kappa shape index (κ2) is 10.1. The predicted octanol–water partition coefficient (Wildman–Crippen LogP) is 7.33. The lowest BCUT2D eigenvalue weighted by Crippen LogP contribution is -2.41. The molecule has 3 aliphatic rings. The summed E-state index contributed by atoms with van der Waals surface area (Å²) in [6, 6.07) is 17.0. The van der Waals surface area contributed by atoms with Crippen LogP contribution < -0.4 is 9.47 Å². The summed E-state index contributed by atoms with van der Waals surface area (Å²) in [5.74, 6) is 1.83. The van der Waals surface area contributed by atoms with Crippen LogP contribution in [0.25, 0.3) is 11.1 Å². The van der Waals surface area contributed by atoms with E-state index in [1.165, 1.54) is 22.3 Å². The van der Waals surface area contributed by atoms with Gasteiger partial charge in [0.1, 0.15) is 36.4 Å². The molecule has 0 saturated carbocycles. The van der Waals surface area contributed by atoms with E-state index in [1.807, 2.05) is 0 Å². The van der Waals surface area contributed by atoms with Crippen molar-refractivity contribution in [2.45, 2.75) is 72.2 Å². The van der Waals surface area contributed by atoms with Crippen LogP contribution in [0.15, 0.2) is 60.7 Å². The van der Waals surface area contributed by atoms with Crippen LogP contribution in [-0.4, -0.2) is 38.1 Å². The minimum Gasteiger partial charge on any atom is -0.491 e. The molecular formula is C32H40O4. The summed E-state index contributed by atoms with van der Waals surface area (Å²) in [5.41, 5.74) is 5.45. The Labute approximate surface area is 216 Å². The molecule has 36 heavy (non-hydrogen) atoms. The molecular weight excluding hydrogens is 448 g/mol. The van der Waals surface area contributed by atoms with Crippen molar-refractivity contribution in [3.63, 3.8) is 0 Å². The van der Waals surface area contributed by atoms with Crippen molar-refractivity contribution in [2.24, 2.45) is 10.8 Å². The summed E-state index contributed by atoms with van der Waals surface area (Å²) in [6.07, 6.45) is 8.13. The molecule has 2 heterocycles. The van der Waals surface area contributed by atoms with Gasteiger partial charge in [0.25, 0.3) is 0 Å². The van der Waals surface area contributed by atoms with Gasteiger partial charge in [-0.2, -0.15) is 0 Å². The molecule has 0 aromatic heterocycles. The predicted molar refractivity (Wildman–Crippen MR) is 145 cm³/mol. The fraction of sp³-hybridized carbons (Fsp3) is 0.500. The van der Waals surface area contributed by atoms with E-state index in [0.29, 0.717) is 6.61 Å². The second-order valence-electron chi connectivity index (χ2n) is 12.3. The van der Waals surface area contributed by atoms with Crippen LogP contribution in [0.2, 0.25) is 0 Å². The van der Waals surface area contributed by atoms with E-state index >= 15 is 0 Å². The minimum absolute atomic E-state index is 0.0173. The molecule has 2 aromatic rings. The number of allylic oxidation sites excluding steroid dienone is 4. The van der Waals surface area contributed by atoms with Crippen LogP contribution >= 0.6 is 0 Å². The van der Waals surface area contributed by atoms with Gasteiger partial charge in [-0.15, -0.1) is 0 Å². The van der Waals surface area contributed by atoms with Gasteiger partial charge in [-0.25, -0.2) is 0 Å². The zero-order valence-corrected chi connectivity index (χ0v) is 22.4. The molecule has 5 rings (SSSR count). The van der Waals surface area contributed by atoms with Gasteiger partial charge in [-0.3, -0.25) is 0 Å². The van der Waals surface area contributed by atoms with E-state index < -0.39 is 0 Å². The first-order valence-electron chi connectivity index (χ1n) is 13.3. The van der Waals surface area contributed by atoms with Gasteiger partial charge in [0.05, 0.1) is 13.2 Å². The van der Waals surface area contributed by atoms with E-state index in [1.54, 1.807) is 0 Å². The largest absolute Gasteiger partial charge is 0.491 e. The minimum atomic E-state index is 0.0173. The molecule has 2 aromatic carbocycles. The van der Waals surface area contributed by atoms with E-state index in [4.69, 9.17) is 18.9 Å². The zero-order valence-electron chi connectivity index (χ0n) is 22.4. The molecule has 0 N–H and O–H groups in total. The summed E-state index contributed by atoms with van der Waals surface area (Å²) >= 11 is 0. The normalized spacial score (nSPS) is 22.4. The van der Waals surface area contributed by atoms with Crippen molar-refractivity contribution in [1.82, 2.24) is 0 Å². The standard InChI is InChI=1S/C32H40O4/c1-31(2,3)21-32(4,5)30(29-20-35-29)36-27-8-6-7-25(17-27)24-11-9-22(10-12-24)23-13-15-26(16-14-23)33-18-28-19-34-28/h6-9,11,13-17,28-30H,10,12,18-21H2,1-5H3. The summed E-state index contributed by atoms with van der Waals surface area (Å²) < 4.78 is 23.3. The molecule has 0 spiro atoms. The first-order valence-corrected chi connectivity index (χ1v) is 13.3. The summed E-state index contributed by atoms with van der Waals surface area (Å²) in [6.45, 7) is 13.8. The van der Waals surface area contributed by atoms with Gasteiger partial charge < -0.3 is 18.9 Å². The lowest BCUT2D eigenvalue weighted by atomic mass is 9.72. The average Bonchev–Trinajstić information content (AvgIpc) is 3.75. The van der Waals surface area contributed by atoms with Crippen LogP contribution in [0.4, 0.5) is 0 Å². The van der Waals surface area contributed by atoms with Crippen LogP contribution in [0.1, 0.15) is 65.0 Å². The maximum absolute atomic E-state index is 6.63. The summed E-state index contributed by atoms with van der Waals surface area (Å²) in [7, 11) is 0. The highest BCUT2D eigenvalue weighted by atomic mass is 16.6. The van der Waals surface area contributed by atoms with Gasteiger partial charge >= 0.3 is 0 Å². The first-order chi connectivity index (χ1) is 17.2. The van der Waals surface area contributed by atoms with Crippen LogP contribution in [0.5, 0.6) is 11.5 Å². The quantitative estimate of drug-likeness (QED) is 0.328. The number of hydrogen-bond acceptors (Lipinski definition) is 4. The number of benzene rings is 2. The lowest BCUT2D eigenvalue weighted by Gasteiger charge is -2.38. The Kier molecular flexibility index (Phi) is 7.02. The Hall–Kier alpha value is -2.56. The van der Waals surface area contributed by atoms with Gasteiger partial charge in [-0.1, -0.05) is 71.0 Å². The molecule has 4 nitrogen and oxygen atoms in total. The molecule has 3 atom stereocenters. The SMILES string of the molecule is CC(C)(C)CC(C)(C)C(Oc1cccc(C2=CC=C(c3ccc(OCC4CO4)cc3)CC2)c1)C1CO1. The van der Waals surface area contributed by atoms with Crippen molar-refractivity contribution >= 4 is 11.1 Å². The van der Waals surface area contributed by atoms with Crippen molar-refractivity contribution in [3.8, 4) is 11.5 Å². The maximum atomic E-state index is 6.63. The number of epoxide rings is 2. The number of hydrogen-bond donors (Lipinski definition) is 0. The molecule has 0 amide bonds. The number of rotatable bonds is 10. The molecule has 2 saturated heterocycles. The topological polar surface area (TPSA) is 43.5 Å². The highest BCUT2D eigenvalue weighted by Crippen LogP contribution is 2.42. The van der Waals surface area contributed by atoms with E-state index in [2.05, 4.69) is 95.3 Å². The highest BCUT2D eigenvalue weighted by Gasteiger charge is 2.46. The Bertz CT molecular complexity index is 1110. The average molecular weight is 489 g/mol. The van der Waals surface area contributed by atoms with Gasteiger partial charge in [0.2, 0.25) is 0 Å². The summed E-state index contributed by atoms with van der Waals surface area (Å²) in [5, 5.41) is 0. The first kappa shape index (κ1) is 25.1. The van der Waals surface area contributed by atoms with E-state index in [9.17, 15) is 0 Å². The Morgan fingerprint density at radius 1 is 0.833 bits per heavy atom. The second-order valence-corrected chi connectivity index (χ2v) is 12.3. The fourth-order valence-electron chi connectivity index (χ4n) is 5.59. The van der Waals surface area contributed by atoms with Crippen molar-refractivity contribution in [1.29, 1.82) is 0 Å². The Morgan fingerprint density at radius 2 is 1.50 bits per heavy atom.